The molecule has 20 heavy (non-hydrogen) atoms. The smallest absolute Gasteiger partial charge is 0.243 e. The molecule has 7 heteroatoms. The second-order valence-electron chi connectivity index (χ2n) is 4.20. The third kappa shape index (κ3) is 3.15. The summed E-state index contributed by atoms with van der Waals surface area (Å²) in [6, 6.07) is 6.83. The summed E-state index contributed by atoms with van der Waals surface area (Å²) in [7, 11) is -2.28. The lowest BCUT2D eigenvalue weighted by Crippen LogP contribution is -2.26. The first kappa shape index (κ1) is 14.9. The molecule has 0 aliphatic rings. The first-order valence-electron chi connectivity index (χ1n) is 5.71. The third-order valence-corrected chi connectivity index (χ3v) is 4.82. The van der Waals surface area contributed by atoms with E-state index in [1.54, 1.807) is 24.5 Å². The summed E-state index contributed by atoms with van der Waals surface area (Å²) in [5.41, 5.74) is 0.756. The number of sulfonamides is 1. The minimum absolute atomic E-state index is 0.0460. The lowest BCUT2D eigenvalue weighted by molar-refractivity contribution is 0.466. The van der Waals surface area contributed by atoms with Crippen molar-refractivity contribution >= 4 is 21.6 Å². The van der Waals surface area contributed by atoms with Crippen molar-refractivity contribution in [1.82, 2.24) is 9.29 Å². The largest absolute Gasteiger partial charge is 0.264 e. The van der Waals surface area contributed by atoms with Gasteiger partial charge >= 0.3 is 0 Å². The molecule has 1 aromatic carbocycles. The molecule has 0 N–H and O–H groups in total. The number of hydrogen-bond donors (Lipinski definition) is 0. The molecule has 0 aliphatic carbocycles. The number of benzene rings is 1. The number of nitrogens with zero attached hydrogens (tertiary/aromatic N) is 2. The summed E-state index contributed by atoms with van der Waals surface area (Å²) in [6.45, 7) is 0.172. The Labute approximate surface area is 121 Å². The van der Waals surface area contributed by atoms with Crippen LogP contribution in [0, 0.1) is 5.82 Å². The van der Waals surface area contributed by atoms with Crippen LogP contribution in [-0.2, 0) is 16.6 Å². The average Bonchev–Trinajstić information content (AvgIpc) is 2.42. The lowest BCUT2D eigenvalue weighted by atomic mass is 10.3. The molecule has 106 valence electrons. The molecular formula is C13H12ClFN2O2S. The van der Waals surface area contributed by atoms with Crippen molar-refractivity contribution in [2.75, 3.05) is 7.05 Å². The highest BCUT2D eigenvalue weighted by Crippen LogP contribution is 2.22. The highest BCUT2D eigenvalue weighted by Gasteiger charge is 2.22. The van der Waals surface area contributed by atoms with Crippen LogP contribution in [0.2, 0.25) is 5.02 Å². The van der Waals surface area contributed by atoms with E-state index >= 15 is 0 Å². The van der Waals surface area contributed by atoms with Crippen molar-refractivity contribution in [2.45, 2.75) is 11.4 Å². The molecule has 0 saturated carbocycles. The standard InChI is InChI=1S/C13H12ClFN2O2S/c1-17(9-10-3-2-6-16-8-10)20(18,19)11-4-5-13(15)12(14)7-11/h2-8H,9H2,1H3. The van der Waals surface area contributed by atoms with Gasteiger partial charge in [0.2, 0.25) is 10.0 Å². The molecule has 1 aromatic heterocycles. The van der Waals surface area contributed by atoms with Crippen LogP contribution in [0.25, 0.3) is 0 Å². The highest BCUT2D eigenvalue weighted by molar-refractivity contribution is 7.89. The summed E-state index contributed by atoms with van der Waals surface area (Å²) in [5.74, 6) is -0.652. The van der Waals surface area contributed by atoms with Gasteiger partial charge in [0.15, 0.2) is 0 Å². The summed E-state index contributed by atoms with van der Waals surface area (Å²) < 4.78 is 38.9. The molecular weight excluding hydrogens is 303 g/mol. The monoisotopic (exact) mass is 314 g/mol. The van der Waals surface area contributed by atoms with Crippen molar-refractivity contribution in [3.8, 4) is 0 Å². The van der Waals surface area contributed by atoms with Gasteiger partial charge in [0, 0.05) is 26.0 Å². The van der Waals surface area contributed by atoms with Gasteiger partial charge in [-0.2, -0.15) is 4.31 Å². The first-order chi connectivity index (χ1) is 9.41. The minimum atomic E-state index is -3.72. The normalized spacial score (nSPS) is 11.8. The zero-order chi connectivity index (χ0) is 14.8. The molecule has 0 spiro atoms. The molecule has 2 aromatic rings. The maximum atomic E-state index is 13.1. The van der Waals surface area contributed by atoms with E-state index in [0.29, 0.717) is 0 Å². The number of aromatic nitrogens is 1. The van der Waals surface area contributed by atoms with Crippen molar-refractivity contribution in [3.63, 3.8) is 0 Å². The highest BCUT2D eigenvalue weighted by atomic mass is 35.5. The molecule has 0 atom stereocenters. The van der Waals surface area contributed by atoms with Gasteiger partial charge < -0.3 is 0 Å². The van der Waals surface area contributed by atoms with Gasteiger partial charge in [-0.05, 0) is 29.8 Å². The maximum absolute atomic E-state index is 13.1. The number of pyridine rings is 1. The van der Waals surface area contributed by atoms with Crippen LogP contribution in [0.4, 0.5) is 4.39 Å². The Morgan fingerprint density at radius 3 is 2.70 bits per heavy atom. The lowest BCUT2D eigenvalue weighted by Gasteiger charge is -2.17. The topological polar surface area (TPSA) is 50.3 Å². The third-order valence-electron chi connectivity index (χ3n) is 2.73. The second-order valence-corrected chi connectivity index (χ2v) is 6.65. The van der Waals surface area contributed by atoms with Crippen LogP contribution in [0.3, 0.4) is 0 Å². The van der Waals surface area contributed by atoms with Crippen LogP contribution in [0.5, 0.6) is 0 Å². The molecule has 2 rings (SSSR count). The van der Waals surface area contributed by atoms with Gasteiger partial charge in [-0.25, -0.2) is 12.8 Å². The van der Waals surface area contributed by atoms with Crippen LogP contribution >= 0.6 is 11.6 Å². The van der Waals surface area contributed by atoms with Gasteiger partial charge in [-0.1, -0.05) is 17.7 Å². The fourth-order valence-corrected chi connectivity index (χ4v) is 3.08. The molecule has 0 unspecified atom stereocenters. The molecule has 0 bridgehead atoms. The zero-order valence-corrected chi connectivity index (χ0v) is 12.2. The van der Waals surface area contributed by atoms with Crippen molar-refractivity contribution in [2.24, 2.45) is 0 Å². The Balaban J connectivity index is 2.27. The molecule has 0 radical (unpaired) electrons. The molecule has 4 nitrogen and oxygen atoms in total. The number of halogens is 2. The predicted molar refractivity (Wildman–Crippen MR) is 74.3 cm³/mol. The van der Waals surface area contributed by atoms with E-state index in [2.05, 4.69) is 4.98 Å². The van der Waals surface area contributed by atoms with E-state index < -0.39 is 15.8 Å². The van der Waals surface area contributed by atoms with Crippen LogP contribution in [-0.4, -0.2) is 24.8 Å². The van der Waals surface area contributed by atoms with Crippen LogP contribution in [0.15, 0.2) is 47.6 Å². The fraction of sp³-hybridized carbons (Fsp3) is 0.154. The average molecular weight is 315 g/mol. The quantitative estimate of drug-likeness (QED) is 0.872. The predicted octanol–water partition coefficient (Wildman–Crippen LogP) is 2.69. The van der Waals surface area contributed by atoms with Crippen LogP contribution < -0.4 is 0 Å². The van der Waals surface area contributed by atoms with E-state index in [0.717, 1.165) is 22.0 Å². The molecule has 0 aliphatic heterocycles. The molecule has 0 fully saturated rings. The summed E-state index contributed by atoms with van der Waals surface area (Å²) in [5, 5.41) is -0.221. The minimum Gasteiger partial charge on any atom is -0.264 e. The van der Waals surface area contributed by atoms with Gasteiger partial charge in [0.05, 0.1) is 9.92 Å². The second kappa shape index (κ2) is 5.87. The number of rotatable bonds is 4. The Kier molecular flexibility index (Phi) is 4.37. The molecule has 0 amide bonds. The van der Waals surface area contributed by atoms with Gasteiger partial charge in [-0.15, -0.1) is 0 Å². The first-order valence-corrected chi connectivity index (χ1v) is 7.53. The summed E-state index contributed by atoms with van der Waals surface area (Å²) >= 11 is 5.62. The SMILES string of the molecule is CN(Cc1cccnc1)S(=O)(=O)c1ccc(F)c(Cl)c1. The Morgan fingerprint density at radius 2 is 2.10 bits per heavy atom. The Morgan fingerprint density at radius 1 is 1.35 bits per heavy atom. The number of hydrogen-bond acceptors (Lipinski definition) is 3. The van der Waals surface area contributed by atoms with Crippen molar-refractivity contribution in [1.29, 1.82) is 0 Å². The van der Waals surface area contributed by atoms with E-state index in [4.69, 9.17) is 11.6 Å². The fourth-order valence-electron chi connectivity index (χ4n) is 1.65. The van der Waals surface area contributed by atoms with Gasteiger partial charge in [0.1, 0.15) is 5.82 Å². The Bertz CT molecular complexity index is 708. The van der Waals surface area contributed by atoms with E-state index in [-0.39, 0.29) is 16.5 Å². The zero-order valence-electron chi connectivity index (χ0n) is 10.6. The van der Waals surface area contributed by atoms with E-state index in [9.17, 15) is 12.8 Å². The van der Waals surface area contributed by atoms with Gasteiger partial charge in [0.25, 0.3) is 0 Å². The van der Waals surface area contributed by atoms with Crippen molar-refractivity contribution < 1.29 is 12.8 Å². The Hall–Kier alpha value is -1.50. The van der Waals surface area contributed by atoms with Gasteiger partial charge in [-0.3, -0.25) is 4.98 Å². The summed E-state index contributed by atoms with van der Waals surface area (Å²) in [4.78, 5) is 3.88. The van der Waals surface area contributed by atoms with Crippen LogP contribution in [0.1, 0.15) is 5.56 Å². The van der Waals surface area contributed by atoms with E-state index in [1.807, 2.05) is 0 Å². The maximum Gasteiger partial charge on any atom is 0.243 e. The van der Waals surface area contributed by atoms with E-state index in [1.165, 1.54) is 13.1 Å². The summed E-state index contributed by atoms with van der Waals surface area (Å²) in [6.07, 6.45) is 3.20. The molecule has 1 heterocycles. The molecule has 0 saturated heterocycles. The van der Waals surface area contributed by atoms with Crippen molar-refractivity contribution in [3.05, 3.63) is 59.1 Å².